The first-order valence-corrected chi connectivity index (χ1v) is 10.8. The van der Waals surface area contributed by atoms with Crippen molar-refractivity contribution < 1.29 is 14.3 Å². The number of hydrogen-bond donors (Lipinski definition) is 2. The van der Waals surface area contributed by atoms with Crippen LogP contribution < -0.4 is 20.7 Å². The largest absolute Gasteiger partial charge is 0.477 e. The summed E-state index contributed by atoms with van der Waals surface area (Å²) in [6.45, 7) is 0.269. The Morgan fingerprint density at radius 3 is 2.55 bits per heavy atom. The molecule has 0 radical (unpaired) electrons. The number of para-hydroxylation sites is 3. The number of nitrogens with zero attached hydrogens (tertiary/aromatic N) is 1. The molecule has 3 aromatic carbocycles. The predicted octanol–water partition coefficient (Wildman–Crippen LogP) is 4.18. The van der Waals surface area contributed by atoms with Crippen LogP contribution in [-0.2, 0) is 9.59 Å². The Balaban J connectivity index is 1.49. The van der Waals surface area contributed by atoms with Crippen molar-refractivity contribution in [3.8, 4) is 5.75 Å². The molecule has 0 aromatic heterocycles. The predicted molar refractivity (Wildman–Crippen MR) is 123 cm³/mol. The summed E-state index contributed by atoms with van der Waals surface area (Å²) in [5.41, 5.74) is 6.90. The lowest BCUT2D eigenvalue weighted by Gasteiger charge is -2.34. The number of hydrogen-bond acceptors (Lipinski definition) is 5. The molecule has 3 N–H and O–H groups in total. The van der Waals surface area contributed by atoms with Gasteiger partial charge in [0.2, 0.25) is 5.91 Å². The lowest BCUT2D eigenvalue weighted by atomic mass is 10.1. The topological polar surface area (TPSA) is 84.7 Å². The van der Waals surface area contributed by atoms with E-state index in [1.807, 2.05) is 66.7 Å². The number of amides is 2. The fraction of sp³-hybridized carbons (Fsp3) is 0.130. The molecule has 2 amide bonds. The first kappa shape index (κ1) is 21.1. The highest BCUT2D eigenvalue weighted by atomic mass is 35.5. The normalized spacial score (nSPS) is 15.0. The summed E-state index contributed by atoms with van der Waals surface area (Å²) in [5.74, 6) is -0.238. The number of nitrogens with two attached hydrogens (primary N) is 1. The third-order valence-electron chi connectivity index (χ3n) is 4.72. The molecule has 0 fully saturated rings. The van der Waals surface area contributed by atoms with Gasteiger partial charge >= 0.3 is 0 Å². The van der Waals surface area contributed by atoms with Gasteiger partial charge in [0.25, 0.3) is 5.91 Å². The van der Waals surface area contributed by atoms with Crippen molar-refractivity contribution in [2.75, 3.05) is 23.3 Å². The maximum atomic E-state index is 12.9. The van der Waals surface area contributed by atoms with Gasteiger partial charge in [-0.1, -0.05) is 47.6 Å². The van der Waals surface area contributed by atoms with Crippen molar-refractivity contribution in [1.29, 1.82) is 0 Å². The molecule has 0 aliphatic carbocycles. The molecule has 4 rings (SSSR count). The van der Waals surface area contributed by atoms with Gasteiger partial charge in [-0.25, -0.2) is 0 Å². The molecule has 0 spiro atoms. The summed E-state index contributed by atoms with van der Waals surface area (Å²) >= 11 is 7.50. The minimum absolute atomic E-state index is 0.0596. The number of fused-ring (bicyclic) bond motifs is 1. The third-order valence-corrected chi connectivity index (χ3v) is 6.05. The van der Waals surface area contributed by atoms with E-state index in [1.54, 1.807) is 11.0 Å². The van der Waals surface area contributed by atoms with Crippen LogP contribution in [0.15, 0.2) is 82.6 Å². The van der Waals surface area contributed by atoms with Crippen LogP contribution in [0.3, 0.4) is 0 Å². The summed E-state index contributed by atoms with van der Waals surface area (Å²) in [4.78, 5) is 28.3. The zero-order chi connectivity index (χ0) is 21.8. The standard InChI is InChI=1S/C23H20ClN3O3S/c24-15-9-11-16(12-10-15)31-21-8-4-1-5-17(21)26-22(28)14-27-13-20(23(25)29)30-19-7-3-2-6-18(19)27/h1-12,20H,13-14H2,(H2,25,29)(H,26,28). The van der Waals surface area contributed by atoms with Gasteiger partial charge in [-0.05, 0) is 48.5 Å². The molecule has 1 unspecified atom stereocenters. The molecular formula is C23H20ClN3O3S. The van der Waals surface area contributed by atoms with Crippen molar-refractivity contribution in [3.63, 3.8) is 0 Å². The van der Waals surface area contributed by atoms with E-state index in [-0.39, 0.29) is 19.0 Å². The van der Waals surface area contributed by atoms with Gasteiger partial charge in [-0.2, -0.15) is 0 Å². The van der Waals surface area contributed by atoms with Gasteiger partial charge in [-0.3, -0.25) is 9.59 Å². The van der Waals surface area contributed by atoms with E-state index in [1.165, 1.54) is 11.8 Å². The molecule has 1 aliphatic rings. The molecule has 1 aliphatic heterocycles. The zero-order valence-corrected chi connectivity index (χ0v) is 18.0. The Bertz CT molecular complexity index is 1110. The van der Waals surface area contributed by atoms with E-state index >= 15 is 0 Å². The van der Waals surface area contributed by atoms with Crippen LogP contribution in [0.2, 0.25) is 5.02 Å². The molecule has 0 saturated carbocycles. The van der Waals surface area contributed by atoms with Crippen molar-refractivity contribution in [2.45, 2.75) is 15.9 Å². The highest BCUT2D eigenvalue weighted by molar-refractivity contribution is 7.99. The molecule has 31 heavy (non-hydrogen) atoms. The molecule has 158 valence electrons. The molecule has 0 bridgehead atoms. The van der Waals surface area contributed by atoms with Crippen LogP contribution in [0, 0.1) is 0 Å². The SMILES string of the molecule is NC(=O)C1CN(CC(=O)Nc2ccccc2Sc2ccc(Cl)cc2)c2ccccc2O1. The summed E-state index contributed by atoms with van der Waals surface area (Å²) < 4.78 is 5.66. The zero-order valence-electron chi connectivity index (χ0n) is 16.5. The Kier molecular flexibility index (Phi) is 6.34. The van der Waals surface area contributed by atoms with Gasteiger partial charge in [0, 0.05) is 14.8 Å². The van der Waals surface area contributed by atoms with Crippen LogP contribution in [0.5, 0.6) is 5.75 Å². The Morgan fingerprint density at radius 1 is 1.06 bits per heavy atom. The molecule has 1 heterocycles. The fourth-order valence-electron chi connectivity index (χ4n) is 3.26. The first-order valence-electron chi connectivity index (χ1n) is 9.62. The van der Waals surface area contributed by atoms with Crippen LogP contribution in [0.4, 0.5) is 11.4 Å². The lowest BCUT2D eigenvalue weighted by Crippen LogP contribution is -2.49. The molecule has 1 atom stereocenters. The summed E-state index contributed by atoms with van der Waals surface area (Å²) in [6.07, 6.45) is -0.810. The van der Waals surface area contributed by atoms with E-state index in [9.17, 15) is 9.59 Å². The second kappa shape index (κ2) is 9.32. The molecule has 8 heteroatoms. The maximum Gasteiger partial charge on any atom is 0.260 e. The number of rotatable bonds is 6. The number of nitrogens with one attached hydrogen (secondary N) is 1. The molecule has 3 aromatic rings. The van der Waals surface area contributed by atoms with E-state index in [0.29, 0.717) is 16.5 Å². The average molecular weight is 454 g/mol. The van der Waals surface area contributed by atoms with Gasteiger partial charge in [-0.15, -0.1) is 0 Å². The Hall–Kier alpha value is -3.16. The average Bonchev–Trinajstić information content (AvgIpc) is 2.76. The minimum atomic E-state index is -0.810. The highest BCUT2D eigenvalue weighted by Gasteiger charge is 2.30. The smallest absolute Gasteiger partial charge is 0.260 e. The Labute approximate surface area is 189 Å². The Morgan fingerprint density at radius 2 is 1.77 bits per heavy atom. The van der Waals surface area contributed by atoms with Crippen LogP contribution in [-0.4, -0.2) is 31.0 Å². The maximum absolute atomic E-state index is 12.9. The monoisotopic (exact) mass is 453 g/mol. The van der Waals surface area contributed by atoms with Crippen molar-refractivity contribution in [3.05, 3.63) is 77.8 Å². The van der Waals surface area contributed by atoms with E-state index < -0.39 is 12.0 Å². The highest BCUT2D eigenvalue weighted by Crippen LogP contribution is 2.35. The van der Waals surface area contributed by atoms with Gasteiger partial charge in [0.05, 0.1) is 24.5 Å². The number of halogens is 1. The third kappa shape index (κ3) is 5.13. The summed E-state index contributed by atoms with van der Waals surface area (Å²) in [6, 6.07) is 22.4. The van der Waals surface area contributed by atoms with Gasteiger partial charge in [0.15, 0.2) is 6.10 Å². The van der Waals surface area contributed by atoms with Crippen molar-refractivity contribution >= 4 is 46.6 Å². The quantitative estimate of drug-likeness (QED) is 0.584. The number of ether oxygens (including phenoxy) is 1. The fourth-order valence-corrected chi connectivity index (χ4v) is 4.28. The van der Waals surface area contributed by atoms with E-state index in [2.05, 4.69) is 5.32 Å². The van der Waals surface area contributed by atoms with Crippen molar-refractivity contribution in [2.24, 2.45) is 5.73 Å². The second-order valence-corrected chi connectivity index (χ2v) is 8.51. The van der Waals surface area contributed by atoms with Crippen molar-refractivity contribution in [1.82, 2.24) is 0 Å². The molecule has 0 saturated heterocycles. The van der Waals surface area contributed by atoms with Crippen LogP contribution >= 0.6 is 23.4 Å². The number of anilines is 2. The number of primary amides is 1. The van der Waals surface area contributed by atoms with E-state index in [0.717, 1.165) is 15.5 Å². The number of benzene rings is 3. The van der Waals surface area contributed by atoms with Gasteiger partial charge in [0.1, 0.15) is 5.75 Å². The van der Waals surface area contributed by atoms with E-state index in [4.69, 9.17) is 22.1 Å². The van der Waals surface area contributed by atoms with Gasteiger partial charge < -0.3 is 20.7 Å². The second-order valence-electron chi connectivity index (χ2n) is 6.96. The lowest BCUT2D eigenvalue weighted by molar-refractivity contribution is -0.125. The number of carbonyl (C=O) groups is 2. The molecule has 6 nitrogen and oxygen atoms in total. The van der Waals surface area contributed by atoms with Crippen LogP contribution in [0.25, 0.3) is 0 Å². The number of carbonyl (C=O) groups excluding carboxylic acids is 2. The van der Waals surface area contributed by atoms with Crippen LogP contribution in [0.1, 0.15) is 0 Å². The molecular weight excluding hydrogens is 434 g/mol. The minimum Gasteiger partial charge on any atom is -0.477 e. The summed E-state index contributed by atoms with van der Waals surface area (Å²) in [7, 11) is 0. The summed E-state index contributed by atoms with van der Waals surface area (Å²) in [5, 5.41) is 3.65. The first-order chi connectivity index (χ1) is 15.0.